The molecule has 6 nitrogen and oxygen atoms in total. The van der Waals surface area contributed by atoms with Crippen molar-refractivity contribution in [1.82, 2.24) is 5.32 Å². The minimum Gasteiger partial charge on any atom is -0.492 e. The highest BCUT2D eigenvalue weighted by Gasteiger charge is 2.29. The van der Waals surface area contributed by atoms with E-state index in [1.54, 1.807) is 18.2 Å². The number of hydrogen-bond donors (Lipinski definition) is 2. The number of fused-ring (bicyclic) bond motifs is 1. The maximum absolute atomic E-state index is 12.1. The summed E-state index contributed by atoms with van der Waals surface area (Å²) in [4.78, 5) is 23.5. The molecule has 0 saturated heterocycles. The zero-order valence-electron chi connectivity index (χ0n) is 11.5. The Morgan fingerprint density at radius 3 is 3.00 bits per heavy atom. The van der Waals surface area contributed by atoms with Gasteiger partial charge in [-0.05, 0) is 30.2 Å². The first kappa shape index (κ1) is 15.6. The van der Waals surface area contributed by atoms with Gasteiger partial charge in [0.05, 0.1) is 19.6 Å². The fourth-order valence-electron chi connectivity index (χ4n) is 2.14. The Bertz CT molecular complexity index is 548. The molecular weight excluding hydrogens is 298 g/mol. The van der Waals surface area contributed by atoms with E-state index >= 15 is 0 Å². The van der Waals surface area contributed by atoms with Gasteiger partial charge in [-0.1, -0.05) is 11.6 Å². The van der Waals surface area contributed by atoms with Crippen LogP contribution in [0.25, 0.3) is 0 Å². The van der Waals surface area contributed by atoms with Gasteiger partial charge in [0.25, 0.3) is 0 Å². The topological polar surface area (TPSA) is 84.9 Å². The molecule has 2 rings (SSSR count). The smallest absolute Gasteiger partial charge is 0.330 e. The van der Waals surface area contributed by atoms with E-state index in [9.17, 15) is 9.59 Å². The molecule has 1 aliphatic rings. The summed E-state index contributed by atoms with van der Waals surface area (Å²) < 4.78 is 10.0. The third-order valence-corrected chi connectivity index (χ3v) is 3.52. The van der Waals surface area contributed by atoms with Gasteiger partial charge in [0, 0.05) is 5.02 Å². The second-order valence-electron chi connectivity index (χ2n) is 4.73. The van der Waals surface area contributed by atoms with Crippen LogP contribution in [-0.4, -0.2) is 43.3 Å². The van der Waals surface area contributed by atoms with Crippen molar-refractivity contribution >= 4 is 23.5 Å². The quantitative estimate of drug-likeness (QED) is 0.793. The number of hydrogen-bond acceptors (Lipinski definition) is 5. The Balaban J connectivity index is 2.03. The van der Waals surface area contributed by atoms with Crippen molar-refractivity contribution < 1.29 is 24.2 Å². The normalized spacial score (nSPS) is 18.1. The number of ether oxygens (including phenoxy) is 2. The Morgan fingerprint density at radius 2 is 2.33 bits per heavy atom. The molecule has 1 amide bonds. The summed E-state index contributed by atoms with van der Waals surface area (Å²) in [5, 5.41) is 12.1. The molecule has 0 fully saturated rings. The summed E-state index contributed by atoms with van der Waals surface area (Å²) in [6.45, 7) is -0.311. The molecule has 1 aromatic rings. The number of carbonyl (C=O) groups is 2. The number of benzene rings is 1. The zero-order chi connectivity index (χ0) is 15.4. The first-order valence-corrected chi connectivity index (χ1v) is 6.83. The third kappa shape index (κ3) is 3.65. The van der Waals surface area contributed by atoms with Gasteiger partial charge in [-0.2, -0.15) is 0 Å². The average molecular weight is 314 g/mol. The van der Waals surface area contributed by atoms with E-state index in [-0.39, 0.29) is 12.5 Å². The number of halogens is 1. The summed E-state index contributed by atoms with van der Waals surface area (Å²) in [6.07, 6.45) is 0.459. The van der Waals surface area contributed by atoms with Gasteiger partial charge < -0.3 is 19.9 Å². The fraction of sp³-hybridized carbons (Fsp3) is 0.429. The van der Waals surface area contributed by atoms with Crippen molar-refractivity contribution in [1.29, 1.82) is 0 Å². The lowest BCUT2D eigenvalue weighted by Crippen LogP contribution is -2.48. The molecule has 2 N–H and O–H groups in total. The van der Waals surface area contributed by atoms with Gasteiger partial charge in [0.1, 0.15) is 12.4 Å². The Hall–Kier alpha value is -1.79. The van der Waals surface area contributed by atoms with Crippen molar-refractivity contribution in [3.05, 3.63) is 28.8 Å². The molecule has 7 heteroatoms. The van der Waals surface area contributed by atoms with E-state index in [4.69, 9.17) is 21.4 Å². The monoisotopic (exact) mass is 313 g/mol. The predicted molar refractivity (Wildman–Crippen MR) is 75.2 cm³/mol. The second kappa shape index (κ2) is 6.78. The number of carbonyl (C=O) groups excluding carboxylic acids is 2. The number of esters is 1. The average Bonchev–Trinajstić information content (AvgIpc) is 2.50. The summed E-state index contributed by atoms with van der Waals surface area (Å²) >= 11 is 5.92. The van der Waals surface area contributed by atoms with Crippen LogP contribution in [0.4, 0.5) is 0 Å². The summed E-state index contributed by atoms with van der Waals surface area (Å²) in [7, 11) is 1.19. The molecule has 0 radical (unpaired) electrons. The van der Waals surface area contributed by atoms with Crippen LogP contribution >= 0.6 is 11.6 Å². The van der Waals surface area contributed by atoms with E-state index in [0.29, 0.717) is 17.2 Å². The van der Waals surface area contributed by atoms with Gasteiger partial charge in [-0.25, -0.2) is 4.79 Å². The van der Waals surface area contributed by atoms with E-state index in [0.717, 1.165) is 5.56 Å². The van der Waals surface area contributed by atoms with Crippen molar-refractivity contribution in [3.8, 4) is 5.75 Å². The van der Waals surface area contributed by atoms with Crippen LogP contribution in [-0.2, 0) is 20.7 Å². The van der Waals surface area contributed by atoms with Crippen molar-refractivity contribution in [2.75, 3.05) is 20.3 Å². The molecule has 0 saturated carbocycles. The number of nitrogens with one attached hydrogen (secondary N) is 1. The number of aliphatic hydroxyl groups is 1. The van der Waals surface area contributed by atoms with Crippen LogP contribution in [0.5, 0.6) is 5.75 Å². The molecule has 2 atom stereocenters. The zero-order valence-corrected chi connectivity index (χ0v) is 12.2. The summed E-state index contributed by atoms with van der Waals surface area (Å²) in [5.74, 6) is -0.805. The van der Waals surface area contributed by atoms with Crippen LogP contribution in [0.3, 0.4) is 0 Å². The van der Waals surface area contributed by atoms with Crippen molar-refractivity contribution in [2.45, 2.75) is 12.5 Å². The first-order valence-electron chi connectivity index (χ1n) is 6.45. The van der Waals surface area contributed by atoms with E-state index in [1.165, 1.54) is 7.11 Å². The van der Waals surface area contributed by atoms with Crippen molar-refractivity contribution in [3.63, 3.8) is 0 Å². The van der Waals surface area contributed by atoms with E-state index in [2.05, 4.69) is 10.1 Å². The SMILES string of the molecule is COC(=O)[C@@H](CO)NC(=O)[C@@H]1COc2ccc(Cl)cc2C1. The van der Waals surface area contributed by atoms with E-state index in [1.807, 2.05) is 0 Å². The third-order valence-electron chi connectivity index (χ3n) is 3.28. The minimum absolute atomic E-state index is 0.208. The highest BCUT2D eigenvalue weighted by Crippen LogP contribution is 2.29. The van der Waals surface area contributed by atoms with Crippen LogP contribution in [0.2, 0.25) is 5.02 Å². The van der Waals surface area contributed by atoms with Gasteiger partial charge in [0.2, 0.25) is 5.91 Å². The predicted octanol–water partition coefficient (Wildman–Crippen LogP) is 0.541. The Morgan fingerprint density at radius 1 is 1.57 bits per heavy atom. The van der Waals surface area contributed by atoms with Crippen LogP contribution in [0, 0.1) is 5.92 Å². The van der Waals surface area contributed by atoms with Gasteiger partial charge >= 0.3 is 5.97 Å². The van der Waals surface area contributed by atoms with Crippen LogP contribution < -0.4 is 10.1 Å². The number of amides is 1. The maximum atomic E-state index is 12.1. The molecule has 0 spiro atoms. The molecule has 1 aromatic carbocycles. The highest BCUT2D eigenvalue weighted by molar-refractivity contribution is 6.30. The lowest BCUT2D eigenvalue weighted by Gasteiger charge is -2.26. The molecule has 0 bridgehead atoms. The molecular formula is C14H16ClNO5. The first-order chi connectivity index (χ1) is 10.0. The fourth-order valence-corrected chi connectivity index (χ4v) is 2.34. The minimum atomic E-state index is -1.07. The standard InChI is InChI=1S/C14H16ClNO5/c1-20-14(19)11(6-17)16-13(18)9-4-8-5-10(15)2-3-12(8)21-7-9/h2-3,5,9,11,17H,4,6-7H2,1H3,(H,16,18)/t9-,11+/m0/s1. The number of methoxy groups -OCH3 is 1. The molecule has 0 aliphatic carbocycles. The molecule has 0 aromatic heterocycles. The number of aliphatic hydroxyl groups excluding tert-OH is 1. The lowest BCUT2D eigenvalue weighted by molar-refractivity contribution is -0.147. The Kier molecular flexibility index (Phi) is 5.03. The Labute approximate surface area is 127 Å². The highest BCUT2D eigenvalue weighted by atomic mass is 35.5. The molecule has 21 heavy (non-hydrogen) atoms. The molecule has 1 aliphatic heterocycles. The largest absolute Gasteiger partial charge is 0.492 e. The van der Waals surface area contributed by atoms with Gasteiger partial charge in [0.15, 0.2) is 6.04 Å². The lowest BCUT2D eigenvalue weighted by atomic mass is 9.96. The van der Waals surface area contributed by atoms with Gasteiger partial charge in [-0.3, -0.25) is 4.79 Å². The van der Waals surface area contributed by atoms with Gasteiger partial charge in [-0.15, -0.1) is 0 Å². The molecule has 114 valence electrons. The molecule has 0 unspecified atom stereocenters. The molecule has 1 heterocycles. The summed E-state index contributed by atoms with van der Waals surface area (Å²) in [6, 6.07) is 4.17. The number of rotatable bonds is 4. The van der Waals surface area contributed by atoms with Crippen LogP contribution in [0.1, 0.15) is 5.56 Å². The maximum Gasteiger partial charge on any atom is 0.330 e. The second-order valence-corrected chi connectivity index (χ2v) is 5.17. The van der Waals surface area contributed by atoms with E-state index < -0.39 is 24.5 Å². The summed E-state index contributed by atoms with van der Waals surface area (Å²) in [5.41, 5.74) is 0.840. The van der Waals surface area contributed by atoms with Crippen molar-refractivity contribution in [2.24, 2.45) is 5.92 Å². The van der Waals surface area contributed by atoms with Crippen LogP contribution in [0.15, 0.2) is 18.2 Å².